The maximum atomic E-state index is 5.51. The van der Waals surface area contributed by atoms with Crippen molar-refractivity contribution >= 4 is 5.65 Å². The van der Waals surface area contributed by atoms with Crippen molar-refractivity contribution in [3.63, 3.8) is 0 Å². The number of hydrogen-bond acceptors (Lipinski definition) is 3. The Hall–Kier alpha value is -1.55. The Labute approximate surface area is 100 Å². The minimum Gasteiger partial charge on any atom is -0.482 e. The van der Waals surface area contributed by atoms with Crippen LogP contribution in [0.5, 0.6) is 5.88 Å². The second-order valence-corrected chi connectivity index (χ2v) is 4.38. The summed E-state index contributed by atoms with van der Waals surface area (Å²) in [5, 5.41) is 0. The lowest BCUT2D eigenvalue weighted by molar-refractivity contribution is 0.0794. The van der Waals surface area contributed by atoms with Gasteiger partial charge in [-0.15, -0.1) is 0 Å². The standard InChI is InChI=1S/C13H16N2O2/c1-16-13-6-2-5-12-14-11(8-15(12)13)10-4-3-7-17-9-10/h2,5-6,8,10H,3-4,7,9H2,1H3. The van der Waals surface area contributed by atoms with Gasteiger partial charge in [-0.05, 0) is 25.0 Å². The molecule has 4 heteroatoms. The van der Waals surface area contributed by atoms with Gasteiger partial charge >= 0.3 is 0 Å². The summed E-state index contributed by atoms with van der Waals surface area (Å²) in [6, 6.07) is 5.90. The summed E-state index contributed by atoms with van der Waals surface area (Å²) in [6.07, 6.45) is 4.34. The Kier molecular flexibility index (Phi) is 2.73. The third-order valence-corrected chi connectivity index (χ3v) is 3.26. The monoisotopic (exact) mass is 232 g/mol. The molecule has 0 amide bonds. The second-order valence-electron chi connectivity index (χ2n) is 4.38. The normalized spacial score (nSPS) is 20.6. The number of nitrogens with zero attached hydrogens (tertiary/aromatic N) is 2. The van der Waals surface area contributed by atoms with E-state index in [9.17, 15) is 0 Å². The lowest BCUT2D eigenvalue weighted by Crippen LogP contribution is -2.15. The summed E-state index contributed by atoms with van der Waals surface area (Å²) in [5.74, 6) is 1.24. The molecule has 1 saturated heterocycles. The van der Waals surface area contributed by atoms with Crippen molar-refractivity contribution in [2.24, 2.45) is 0 Å². The Balaban J connectivity index is 2.00. The number of pyridine rings is 1. The molecule has 4 nitrogen and oxygen atoms in total. The summed E-state index contributed by atoms with van der Waals surface area (Å²) in [5.41, 5.74) is 2.04. The largest absolute Gasteiger partial charge is 0.482 e. The predicted octanol–water partition coefficient (Wildman–Crippen LogP) is 2.24. The molecule has 0 radical (unpaired) electrons. The highest BCUT2D eigenvalue weighted by atomic mass is 16.5. The molecule has 3 rings (SSSR count). The van der Waals surface area contributed by atoms with Crippen LogP contribution in [-0.2, 0) is 4.74 Å². The molecule has 0 bridgehead atoms. The zero-order valence-corrected chi connectivity index (χ0v) is 9.93. The summed E-state index contributed by atoms with van der Waals surface area (Å²) in [4.78, 5) is 4.65. The molecule has 1 atom stereocenters. The van der Waals surface area contributed by atoms with Crippen molar-refractivity contribution < 1.29 is 9.47 Å². The Morgan fingerprint density at radius 3 is 3.18 bits per heavy atom. The molecule has 1 unspecified atom stereocenters. The lowest BCUT2D eigenvalue weighted by atomic mass is 9.99. The van der Waals surface area contributed by atoms with E-state index >= 15 is 0 Å². The van der Waals surface area contributed by atoms with Crippen LogP contribution in [0, 0.1) is 0 Å². The van der Waals surface area contributed by atoms with Gasteiger partial charge in [0.15, 0.2) is 5.88 Å². The molecule has 0 aliphatic carbocycles. The van der Waals surface area contributed by atoms with Crippen molar-refractivity contribution in [3.8, 4) is 5.88 Å². The second kappa shape index (κ2) is 4.37. The van der Waals surface area contributed by atoms with Crippen LogP contribution in [0.25, 0.3) is 5.65 Å². The number of fused-ring (bicyclic) bond motifs is 1. The number of methoxy groups -OCH3 is 1. The van der Waals surface area contributed by atoms with Crippen molar-refractivity contribution in [3.05, 3.63) is 30.1 Å². The van der Waals surface area contributed by atoms with Crippen molar-refractivity contribution in [2.75, 3.05) is 20.3 Å². The van der Waals surface area contributed by atoms with Crippen LogP contribution in [0.1, 0.15) is 24.5 Å². The minimum atomic E-state index is 0.424. The molecule has 0 saturated carbocycles. The first-order chi connectivity index (χ1) is 8.38. The minimum absolute atomic E-state index is 0.424. The van der Waals surface area contributed by atoms with E-state index in [4.69, 9.17) is 9.47 Å². The number of hydrogen-bond donors (Lipinski definition) is 0. The van der Waals surface area contributed by atoms with Gasteiger partial charge in [0.05, 0.1) is 19.4 Å². The summed E-state index contributed by atoms with van der Waals surface area (Å²) in [6.45, 7) is 1.67. The maximum Gasteiger partial charge on any atom is 0.198 e. The molecular formula is C13H16N2O2. The van der Waals surface area contributed by atoms with E-state index in [0.29, 0.717) is 5.92 Å². The van der Waals surface area contributed by atoms with Gasteiger partial charge in [0, 0.05) is 18.7 Å². The van der Waals surface area contributed by atoms with E-state index in [1.165, 1.54) is 0 Å². The SMILES string of the molecule is COc1cccc2nc(C3CCCOC3)cn12. The number of imidazole rings is 1. The molecule has 90 valence electrons. The summed E-state index contributed by atoms with van der Waals surface area (Å²) >= 11 is 0. The van der Waals surface area contributed by atoms with E-state index in [1.807, 2.05) is 22.6 Å². The number of ether oxygens (including phenoxy) is 2. The summed E-state index contributed by atoms with van der Waals surface area (Å²) < 4.78 is 12.8. The molecule has 1 fully saturated rings. The fraction of sp³-hybridized carbons (Fsp3) is 0.462. The topological polar surface area (TPSA) is 35.8 Å². The molecule has 3 heterocycles. The van der Waals surface area contributed by atoms with Crippen molar-refractivity contribution in [1.82, 2.24) is 9.38 Å². The van der Waals surface area contributed by atoms with E-state index in [2.05, 4.69) is 11.2 Å². The third-order valence-electron chi connectivity index (χ3n) is 3.26. The Morgan fingerprint density at radius 1 is 1.47 bits per heavy atom. The molecule has 2 aromatic heterocycles. The van der Waals surface area contributed by atoms with E-state index in [-0.39, 0.29) is 0 Å². The average molecular weight is 232 g/mol. The van der Waals surface area contributed by atoms with Gasteiger partial charge in [-0.3, -0.25) is 4.40 Å². The van der Waals surface area contributed by atoms with Gasteiger partial charge in [0.2, 0.25) is 0 Å². The van der Waals surface area contributed by atoms with E-state index in [1.54, 1.807) is 7.11 Å². The number of aromatic nitrogens is 2. The van der Waals surface area contributed by atoms with E-state index < -0.39 is 0 Å². The zero-order valence-electron chi connectivity index (χ0n) is 9.93. The molecule has 0 spiro atoms. The van der Waals surface area contributed by atoms with Gasteiger partial charge < -0.3 is 9.47 Å². The highest BCUT2D eigenvalue weighted by molar-refractivity contribution is 5.44. The van der Waals surface area contributed by atoms with E-state index in [0.717, 1.165) is 43.3 Å². The lowest BCUT2D eigenvalue weighted by Gasteiger charge is -2.19. The van der Waals surface area contributed by atoms with Gasteiger partial charge in [-0.2, -0.15) is 0 Å². The van der Waals surface area contributed by atoms with Gasteiger partial charge in [0.1, 0.15) is 5.65 Å². The van der Waals surface area contributed by atoms with Gasteiger partial charge in [-0.1, -0.05) is 6.07 Å². The Bertz CT molecular complexity index is 515. The third kappa shape index (κ3) is 1.89. The first-order valence-corrected chi connectivity index (χ1v) is 5.98. The maximum absolute atomic E-state index is 5.51. The van der Waals surface area contributed by atoms with Crippen LogP contribution in [0.15, 0.2) is 24.4 Å². The summed E-state index contributed by atoms with van der Waals surface area (Å²) in [7, 11) is 1.68. The van der Waals surface area contributed by atoms with Crippen LogP contribution < -0.4 is 4.74 Å². The van der Waals surface area contributed by atoms with Crippen LogP contribution in [-0.4, -0.2) is 29.7 Å². The van der Waals surface area contributed by atoms with Crippen molar-refractivity contribution in [1.29, 1.82) is 0 Å². The Morgan fingerprint density at radius 2 is 2.41 bits per heavy atom. The highest BCUT2D eigenvalue weighted by Crippen LogP contribution is 2.26. The van der Waals surface area contributed by atoms with Crippen LogP contribution >= 0.6 is 0 Å². The highest BCUT2D eigenvalue weighted by Gasteiger charge is 2.19. The molecule has 2 aromatic rings. The first-order valence-electron chi connectivity index (χ1n) is 5.98. The fourth-order valence-electron chi connectivity index (χ4n) is 2.34. The van der Waals surface area contributed by atoms with Gasteiger partial charge in [0.25, 0.3) is 0 Å². The predicted molar refractivity (Wildman–Crippen MR) is 64.5 cm³/mol. The molecule has 0 aromatic carbocycles. The molecule has 1 aliphatic heterocycles. The average Bonchev–Trinajstić information content (AvgIpc) is 2.83. The molecule has 0 N–H and O–H groups in total. The van der Waals surface area contributed by atoms with Crippen LogP contribution in [0.3, 0.4) is 0 Å². The fourth-order valence-corrected chi connectivity index (χ4v) is 2.34. The first kappa shape index (κ1) is 10.6. The van der Waals surface area contributed by atoms with Crippen molar-refractivity contribution in [2.45, 2.75) is 18.8 Å². The van der Waals surface area contributed by atoms with Crippen LogP contribution in [0.4, 0.5) is 0 Å². The zero-order chi connectivity index (χ0) is 11.7. The smallest absolute Gasteiger partial charge is 0.198 e. The van der Waals surface area contributed by atoms with Gasteiger partial charge in [-0.25, -0.2) is 4.98 Å². The molecule has 17 heavy (non-hydrogen) atoms. The quantitative estimate of drug-likeness (QED) is 0.796. The number of rotatable bonds is 2. The molecule has 1 aliphatic rings. The molecular weight excluding hydrogens is 216 g/mol. The van der Waals surface area contributed by atoms with Crippen LogP contribution in [0.2, 0.25) is 0 Å².